The van der Waals surface area contributed by atoms with Gasteiger partial charge in [0.2, 0.25) is 11.7 Å². The van der Waals surface area contributed by atoms with Crippen LogP contribution in [0.15, 0.2) is 36.5 Å². The number of carbonyl (C=O) groups is 1. The van der Waals surface area contributed by atoms with Crippen LogP contribution in [0.2, 0.25) is 0 Å². The zero-order chi connectivity index (χ0) is 19.0. The van der Waals surface area contributed by atoms with Crippen LogP contribution in [0.5, 0.6) is 0 Å². The summed E-state index contributed by atoms with van der Waals surface area (Å²) < 4.78 is 15.4. The first-order chi connectivity index (χ1) is 13.0. The number of aromatic nitrogens is 3. The summed E-state index contributed by atoms with van der Waals surface area (Å²) in [6, 6.07) is 8.45. The third-order valence-corrected chi connectivity index (χ3v) is 4.91. The van der Waals surface area contributed by atoms with Crippen LogP contribution in [0.3, 0.4) is 0 Å². The van der Waals surface area contributed by atoms with Crippen molar-refractivity contribution in [1.82, 2.24) is 24.2 Å². The molecule has 1 aliphatic rings. The van der Waals surface area contributed by atoms with Crippen molar-refractivity contribution in [1.29, 1.82) is 0 Å². The van der Waals surface area contributed by atoms with Gasteiger partial charge in [-0.3, -0.25) is 14.1 Å². The molecule has 0 N–H and O–H groups in total. The molecule has 0 radical (unpaired) electrons. The van der Waals surface area contributed by atoms with E-state index in [1.807, 2.05) is 36.6 Å². The molecule has 27 heavy (non-hydrogen) atoms. The lowest BCUT2D eigenvalue weighted by atomic mass is 10.2. The van der Waals surface area contributed by atoms with E-state index in [4.69, 9.17) is 0 Å². The summed E-state index contributed by atoms with van der Waals surface area (Å²) in [6.07, 6.45) is 1.83. The number of amides is 1. The van der Waals surface area contributed by atoms with E-state index in [-0.39, 0.29) is 11.7 Å². The minimum atomic E-state index is -0.273. The van der Waals surface area contributed by atoms with Gasteiger partial charge in [0.1, 0.15) is 5.82 Å². The molecule has 3 heterocycles. The van der Waals surface area contributed by atoms with Crippen molar-refractivity contribution in [2.75, 3.05) is 19.6 Å². The van der Waals surface area contributed by atoms with E-state index in [1.165, 1.54) is 12.1 Å². The van der Waals surface area contributed by atoms with Crippen LogP contribution >= 0.6 is 0 Å². The maximum Gasteiger partial charge on any atom is 0.237 e. The van der Waals surface area contributed by atoms with E-state index < -0.39 is 0 Å². The predicted octanol–water partition coefficient (Wildman–Crippen LogP) is 2.33. The Hall–Kier alpha value is -2.80. The SMILES string of the molecule is Cc1cc(C)n2c(CN3CCN(Cc4cccc(F)c4)C(=O)C3)cnc2n1. The number of halogens is 1. The van der Waals surface area contributed by atoms with Gasteiger partial charge >= 0.3 is 0 Å². The van der Waals surface area contributed by atoms with E-state index in [1.54, 1.807) is 11.0 Å². The molecule has 0 saturated carbocycles. The summed E-state index contributed by atoms with van der Waals surface area (Å²) in [5.41, 5.74) is 3.87. The lowest BCUT2D eigenvalue weighted by Crippen LogP contribution is -2.49. The third kappa shape index (κ3) is 3.68. The summed E-state index contributed by atoms with van der Waals surface area (Å²) in [4.78, 5) is 25.3. The van der Waals surface area contributed by atoms with Crippen molar-refractivity contribution < 1.29 is 9.18 Å². The van der Waals surface area contributed by atoms with Gasteiger partial charge < -0.3 is 4.90 Å². The van der Waals surface area contributed by atoms with Gasteiger partial charge in [0, 0.05) is 37.6 Å². The highest BCUT2D eigenvalue weighted by Gasteiger charge is 2.25. The molecule has 2 aromatic heterocycles. The first-order valence-corrected chi connectivity index (χ1v) is 9.05. The molecule has 1 aliphatic heterocycles. The fourth-order valence-corrected chi connectivity index (χ4v) is 3.65. The molecule has 1 fully saturated rings. The van der Waals surface area contributed by atoms with Crippen LogP contribution in [-0.2, 0) is 17.9 Å². The molecule has 1 aromatic carbocycles. The molecule has 7 heteroatoms. The number of nitrogens with zero attached hydrogens (tertiary/aromatic N) is 5. The largest absolute Gasteiger partial charge is 0.336 e. The van der Waals surface area contributed by atoms with Crippen LogP contribution in [0, 0.1) is 19.7 Å². The minimum Gasteiger partial charge on any atom is -0.336 e. The molecule has 0 aliphatic carbocycles. The molecule has 140 valence electrons. The van der Waals surface area contributed by atoms with Crippen molar-refractivity contribution in [2.24, 2.45) is 0 Å². The standard InChI is InChI=1S/C20H22FN5O/c1-14-8-15(2)26-18(10-22-20(26)23-14)12-24-6-7-25(19(27)13-24)11-16-4-3-5-17(21)9-16/h3-5,8-10H,6-7,11-13H2,1-2H3. The summed E-state index contributed by atoms with van der Waals surface area (Å²) >= 11 is 0. The van der Waals surface area contributed by atoms with Crippen molar-refractivity contribution in [3.63, 3.8) is 0 Å². The van der Waals surface area contributed by atoms with Crippen LogP contribution in [0.4, 0.5) is 4.39 Å². The Morgan fingerprint density at radius 3 is 2.78 bits per heavy atom. The van der Waals surface area contributed by atoms with Gasteiger partial charge in [-0.15, -0.1) is 0 Å². The van der Waals surface area contributed by atoms with E-state index in [0.717, 1.165) is 29.2 Å². The molecule has 1 saturated heterocycles. The van der Waals surface area contributed by atoms with Crippen molar-refractivity contribution in [3.05, 3.63) is 65.0 Å². The second kappa shape index (κ2) is 7.08. The maximum atomic E-state index is 13.4. The van der Waals surface area contributed by atoms with Gasteiger partial charge in [0.05, 0.1) is 18.4 Å². The Labute approximate surface area is 157 Å². The molecule has 1 amide bonds. The van der Waals surface area contributed by atoms with Gasteiger partial charge in [-0.1, -0.05) is 12.1 Å². The average molecular weight is 367 g/mol. The Balaban J connectivity index is 1.44. The topological polar surface area (TPSA) is 53.7 Å². The van der Waals surface area contributed by atoms with Gasteiger partial charge in [0.15, 0.2) is 0 Å². The molecule has 6 nitrogen and oxygen atoms in total. The average Bonchev–Trinajstić information content (AvgIpc) is 3.00. The summed E-state index contributed by atoms with van der Waals surface area (Å²) in [5, 5.41) is 0. The number of fused-ring (bicyclic) bond motifs is 1. The van der Waals surface area contributed by atoms with Gasteiger partial charge in [0.25, 0.3) is 0 Å². The number of imidazole rings is 1. The van der Waals surface area contributed by atoms with Crippen LogP contribution in [0.25, 0.3) is 5.78 Å². The fourth-order valence-electron chi connectivity index (χ4n) is 3.65. The van der Waals surface area contributed by atoms with Gasteiger partial charge in [-0.05, 0) is 37.6 Å². The van der Waals surface area contributed by atoms with Crippen molar-refractivity contribution >= 4 is 11.7 Å². The molecule has 0 bridgehead atoms. The number of benzene rings is 1. The molecule has 0 atom stereocenters. The molecule has 3 aromatic rings. The monoisotopic (exact) mass is 367 g/mol. The number of hydrogen-bond donors (Lipinski definition) is 0. The van der Waals surface area contributed by atoms with E-state index in [9.17, 15) is 9.18 Å². The van der Waals surface area contributed by atoms with Crippen LogP contribution < -0.4 is 0 Å². The molecular weight excluding hydrogens is 345 g/mol. The zero-order valence-corrected chi connectivity index (χ0v) is 15.5. The van der Waals surface area contributed by atoms with Crippen LogP contribution in [0.1, 0.15) is 22.6 Å². The molecule has 0 spiro atoms. The third-order valence-electron chi connectivity index (χ3n) is 4.91. The quantitative estimate of drug-likeness (QED) is 0.710. The highest BCUT2D eigenvalue weighted by atomic mass is 19.1. The van der Waals surface area contributed by atoms with E-state index in [0.29, 0.717) is 32.0 Å². The number of piperazine rings is 1. The second-order valence-corrected chi connectivity index (χ2v) is 7.08. The molecule has 4 rings (SSSR count). The highest BCUT2D eigenvalue weighted by Crippen LogP contribution is 2.15. The van der Waals surface area contributed by atoms with Gasteiger partial charge in [-0.2, -0.15) is 0 Å². The fraction of sp³-hybridized carbons (Fsp3) is 0.350. The summed E-state index contributed by atoms with van der Waals surface area (Å²) in [5.74, 6) is 0.481. The van der Waals surface area contributed by atoms with E-state index in [2.05, 4.69) is 14.9 Å². The highest BCUT2D eigenvalue weighted by molar-refractivity contribution is 5.79. The summed E-state index contributed by atoms with van der Waals surface area (Å²) in [7, 11) is 0. The second-order valence-electron chi connectivity index (χ2n) is 7.08. The Bertz CT molecular complexity index is 999. The number of aryl methyl sites for hydroxylation is 2. The Morgan fingerprint density at radius 2 is 2.00 bits per heavy atom. The molecular formula is C20H22FN5O. The van der Waals surface area contributed by atoms with E-state index >= 15 is 0 Å². The zero-order valence-electron chi connectivity index (χ0n) is 15.5. The maximum absolute atomic E-state index is 13.4. The smallest absolute Gasteiger partial charge is 0.237 e. The first-order valence-electron chi connectivity index (χ1n) is 9.05. The number of rotatable bonds is 4. The minimum absolute atomic E-state index is 0.0602. The normalized spacial score (nSPS) is 15.7. The van der Waals surface area contributed by atoms with Crippen molar-refractivity contribution in [2.45, 2.75) is 26.9 Å². The number of carbonyl (C=O) groups excluding carboxylic acids is 1. The lowest BCUT2D eigenvalue weighted by molar-refractivity contribution is -0.136. The molecule has 0 unspecified atom stereocenters. The van der Waals surface area contributed by atoms with Gasteiger partial charge in [-0.25, -0.2) is 14.4 Å². The Kier molecular flexibility index (Phi) is 4.61. The summed E-state index contributed by atoms with van der Waals surface area (Å²) in [6.45, 7) is 6.83. The Morgan fingerprint density at radius 1 is 1.15 bits per heavy atom. The lowest BCUT2D eigenvalue weighted by Gasteiger charge is -2.34. The predicted molar refractivity (Wildman–Crippen MR) is 99.6 cm³/mol. The first kappa shape index (κ1) is 17.6. The number of hydrogen-bond acceptors (Lipinski definition) is 4. The van der Waals surface area contributed by atoms with Crippen molar-refractivity contribution in [3.8, 4) is 0 Å². The van der Waals surface area contributed by atoms with Crippen LogP contribution in [-0.4, -0.2) is 49.7 Å².